The Labute approximate surface area is 106 Å². The normalized spacial score (nSPS) is 24.6. The monoisotopic (exact) mass is 255 g/mol. The van der Waals surface area contributed by atoms with Crippen molar-refractivity contribution in [2.75, 3.05) is 11.9 Å². The maximum Gasteiger partial charge on any atom is 0.285 e. The second-order valence-corrected chi connectivity index (χ2v) is 5.30. The SMILES string of the molecule is CC1CCC(N(C)c2cn[nH]c(=O)c2Cl)CC1. The van der Waals surface area contributed by atoms with Crippen LogP contribution in [-0.2, 0) is 0 Å². The number of anilines is 1. The Balaban J connectivity index is 2.17. The van der Waals surface area contributed by atoms with E-state index in [0.717, 1.165) is 24.4 Å². The first-order valence-electron chi connectivity index (χ1n) is 6.05. The summed E-state index contributed by atoms with van der Waals surface area (Å²) < 4.78 is 0. The molecule has 1 N–H and O–H groups in total. The van der Waals surface area contributed by atoms with E-state index in [2.05, 4.69) is 22.0 Å². The molecule has 0 aliphatic heterocycles. The van der Waals surface area contributed by atoms with Gasteiger partial charge in [-0.15, -0.1) is 0 Å². The number of nitrogens with zero attached hydrogens (tertiary/aromatic N) is 2. The van der Waals surface area contributed by atoms with Crippen LogP contribution in [0, 0.1) is 5.92 Å². The van der Waals surface area contributed by atoms with E-state index in [9.17, 15) is 4.79 Å². The van der Waals surface area contributed by atoms with Crippen molar-refractivity contribution in [2.24, 2.45) is 5.92 Å². The number of aromatic nitrogens is 2. The van der Waals surface area contributed by atoms with Crippen molar-refractivity contribution in [2.45, 2.75) is 38.6 Å². The van der Waals surface area contributed by atoms with Gasteiger partial charge in [-0.05, 0) is 31.6 Å². The number of nitrogens with one attached hydrogen (secondary N) is 1. The average Bonchev–Trinajstić information content (AvgIpc) is 2.33. The molecule has 1 heterocycles. The van der Waals surface area contributed by atoms with Gasteiger partial charge in [0.1, 0.15) is 5.02 Å². The molecule has 4 nitrogen and oxygen atoms in total. The van der Waals surface area contributed by atoms with Crippen LogP contribution >= 0.6 is 11.6 Å². The Bertz CT molecular complexity index is 438. The topological polar surface area (TPSA) is 49.0 Å². The molecule has 0 aromatic carbocycles. The van der Waals surface area contributed by atoms with Gasteiger partial charge in [-0.1, -0.05) is 18.5 Å². The first-order chi connectivity index (χ1) is 8.09. The third-order valence-electron chi connectivity index (χ3n) is 3.69. The third-order valence-corrected chi connectivity index (χ3v) is 4.06. The fourth-order valence-corrected chi connectivity index (χ4v) is 2.67. The molecule has 1 aromatic heterocycles. The summed E-state index contributed by atoms with van der Waals surface area (Å²) in [6.45, 7) is 2.29. The number of H-pyrrole nitrogens is 1. The van der Waals surface area contributed by atoms with Gasteiger partial charge in [0.25, 0.3) is 5.56 Å². The minimum Gasteiger partial charge on any atom is -0.369 e. The highest BCUT2D eigenvalue weighted by Crippen LogP contribution is 2.30. The van der Waals surface area contributed by atoms with Gasteiger partial charge in [-0.2, -0.15) is 5.10 Å². The first-order valence-corrected chi connectivity index (χ1v) is 6.43. The number of rotatable bonds is 2. The van der Waals surface area contributed by atoms with Crippen LogP contribution in [-0.4, -0.2) is 23.3 Å². The van der Waals surface area contributed by atoms with E-state index in [-0.39, 0.29) is 10.6 Å². The zero-order chi connectivity index (χ0) is 12.4. The molecule has 1 aliphatic carbocycles. The summed E-state index contributed by atoms with van der Waals surface area (Å²) in [6, 6.07) is 0.465. The number of aromatic amines is 1. The van der Waals surface area contributed by atoms with E-state index in [1.807, 2.05) is 7.05 Å². The second kappa shape index (κ2) is 5.08. The van der Waals surface area contributed by atoms with Gasteiger partial charge < -0.3 is 4.90 Å². The fourth-order valence-electron chi connectivity index (χ4n) is 2.45. The minimum absolute atomic E-state index is 0.237. The molecule has 5 heteroatoms. The zero-order valence-corrected chi connectivity index (χ0v) is 11.0. The van der Waals surface area contributed by atoms with Crippen LogP contribution in [0.15, 0.2) is 11.0 Å². The first kappa shape index (κ1) is 12.4. The summed E-state index contributed by atoms with van der Waals surface area (Å²) in [5.41, 5.74) is 0.412. The molecule has 0 spiro atoms. The summed E-state index contributed by atoms with van der Waals surface area (Å²) in [5.74, 6) is 0.812. The fraction of sp³-hybridized carbons (Fsp3) is 0.667. The largest absolute Gasteiger partial charge is 0.369 e. The lowest BCUT2D eigenvalue weighted by atomic mass is 9.86. The number of halogens is 1. The van der Waals surface area contributed by atoms with Crippen LogP contribution in [0.3, 0.4) is 0 Å². The number of hydrogen-bond acceptors (Lipinski definition) is 3. The smallest absolute Gasteiger partial charge is 0.285 e. The van der Waals surface area contributed by atoms with Crippen LogP contribution < -0.4 is 10.5 Å². The predicted molar refractivity (Wildman–Crippen MR) is 69.7 cm³/mol. The Kier molecular flexibility index (Phi) is 3.72. The predicted octanol–water partition coefficient (Wildman–Crippen LogP) is 2.44. The van der Waals surface area contributed by atoms with E-state index >= 15 is 0 Å². The van der Waals surface area contributed by atoms with E-state index in [4.69, 9.17) is 11.6 Å². The summed E-state index contributed by atoms with van der Waals surface area (Å²) in [4.78, 5) is 13.5. The molecule has 0 bridgehead atoms. The van der Waals surface area contributed by atoms with E-state index in [1.54, 1.807) is 6.20 Å². The highest BCUT2D eigenvalue weighted by atomic mass is 35.5. The molecule has 0 amide bonds. The lowest BCUT2D eigenvalue weighted by Crippen LogP contribution is -2.35. The van der Waals surface area contributed by atoms with E-state index in [1.165, 1.54) is 12.8 Å². The Morgan fingerprint density at radius 3 is 2.71 bits per heavy atom. The highest BCUT2D eigenvalue weighted by molar-refractivity contribution is 6.32. The van der Waals surface area contributed by atoms with Crippen molar-refractivity contribution in [3.63, 3.8) is 0 Å². The highest BCUT2D eigenvalue weighted by Gasteiger charge is 2.23. The standard InChI is InChI=1S/C12H18ClN3O/c1-8-3-5-9(6-4-8)16(2)10-7-14-15-12(17)11(10)13/h7-9H,3-6H2,1-2H3,(H,15,17). The van der Waals surface area contributed by atoms with Crippen LogP contribution in [0.1, 0.15) is 32.6 Å². The van der Waals surface area contributed by atoms with Gasteiger partial charge >= 0.3 is 0 Å². The van der Waals surface area contributed by atoms with Gasteiger partial charge in [0, 0.05) is 13.1 Å². The molecule has 1 aliphatic rings. The molecule has 1 fully saturated rings. The van der Waals surface area contributed by atoms with Crippen molar-refractivity contribution in [3.8, 4) is 0 Å². The van der Waals surface area contributed by atoms with Crippen molar-refractivity contribution in [1.82, 2.24) is 10.2 Å². The maximum absolute atomic E-state index is 11.4. The zero-order valence-electron chi connectivity index (χ0n) is 10.2. The second-order valence-electron chi connectivity index (χ2n) is 4.92. The van der Waals surface area contributed by atoms with Crippen molar-refractivity contribution in [3.05, 3.63) is 21.6 Å². The lowest BCUT2D eigenvalue weighted by Gasteiger charge is -2.35. The molecule has 1 aromatic rings. The Morgan fingerprint density at radius 2 is 2.06 bits per heavy atom. The molecule has 0 unspecified atom stereocenters. The summed E-state index contributed by atoms with van der Waals surface area (Å²) in [6.07, 6.45) is 6.41. The molecule has 0 radical (unpaired) electrons. The van der Waals surface area contributed by atoms with Gasteiger partial charge in [0.15, 0.2) is 0 Å². The van der Waals surface area contributed by atoms with Crippen molar-refractivity contribution >= 4 is 17.3 Å². The Morgan fingerprint density at radius 1 is 1.41 bits per heavy atom. The Hall–Kier alpha value is -1.03. The summed E-state index contributed by atoms with van der Waals surface area (Å²) in [5, 5.41) is 6.39. The molecule has 0 saturated heterocycles. The van der Waals surface area contributed by atoms with Gasteiger partial charge in [-0.3, -0.25) is 4.79 Å². The molecule has 17 heavy (non-hydrogen) atoms. The molecular formula is C12H18ClN3O. The quantitative estimate of drug-likeness (QED) is 0.883. The maximum atomic E-state index is 11.4. The summed E-state index contributed by atoms with van der Waals surface area (Å²) >= 11 is 6.01. The third kappa shape index (κ3) is 2.63. The average molecular weight is 256 g/mol. The van der Waals surface area contributed by atoms with Crippen LogP contribution in [0.4, 0.5) is 5.69 Å². The molecule has 94 valence electrons. The summed E-state index contributed by atoms with van der Waals surface area (Å²) in [7, 11) is 1.99. The lowest BCUT2D eigenvalue weighted by molar-refractivity contribution is 0.340. The van der Waals surface area contributed by atoms with Crippen LogP contribution in [0.25, 0.3) is 0 Å². The van der Waals surface area contributed by atoms with Gasteiger partial charge in [-0.25, -0.2) is 5.10 Å². The molecule has 1 saturated carbocycles. The van der Waals surface area contributed by atoms with Crippen LogP contribution in [0.2, 0.25) is 5.02 Å². The van der Waals surface area contributed by atoms with E-state index < -0.39 is 0 Å². The van der Waals surface area contributed by atoms with Crippen molar-refractivity contribution in [1.29, 1.82) is 0 Å². The van der Waals surface area contributed by atoms with Gasteiger partial charge in [0.05, 0.1) is 11.9 Å². The number of hydrogen-bond donors (Lipinski definition) is 1. The molecule has 0 atom stereocenters. The molecule has 2 rings (SSSR count). The van der Waals surface area contributed by atoms with Crippen LogP contribution in [0.5, 0.6) is 0 Å². The van der Waals surface area contributed by atoms with E-state index in [0.29, 0.717) is 6.04 Å². The van der Waals surface area contributed by atoms with Gasteiger partial charge in [0.2, 0.25) is 0 Å². The molecular weight excluding hydrogens is 238 g/mol. The van der Waals surface area contributed by atoms with Crippen molar-refractivity contribution < 1.29 is 0 Å². The minimum atomic E-state index is -0.319.